The average Bonchev–Trinajstić information content (AvgIpc) is 2.39. The molecule has 1 rings (SSSR count). The monoisotopic (exact) mass is 300 g/mol. The van der Waals surface area contributed by atoms with Gasteiger partial charge in [-0.2, -0.15) is 0 Å². The molecule has 1 fully saturated rings. The molecule has 1 saturated carbocycles. The summed E-state index contributed by atoms with van der Waals surface area (Å²) >= 11 is 0. The number of ether oxygens (including phenoxy) is 2. The smallest absolute Gasteiger partial charge is 0.323 e. The second kappa shape index (κ2) is 8.37. The van der Waals surface area contributed by atoms with E-state index in [9.17, 15) is 14.7 Å². The largest absolute Gasteiger partial charge is 0.465 e. The van der Waals surface area contributed by atoms with Crippen molar-refractivity contribution in [2.45, 2.75) is 65.4 Å². The van der Waals surface area contributed by atoms with Gasteiger partial charge in [0.25, 0.3) is 0 Å². The number of hydrogen-bond acceptors (Lipinski definition) is 5. The Morgan fingerprint density at radius 2 is 1.71 bits per heavy atom. The van der Waals surface area contributed by atoms with Crippen LogP contribution in [0.2, 0.25) is 0 Å². The van der Waals surface area contributed by atoms with Crippen LogP contribution in [0.3, 0.4) is 0 Å². The summed E-state index contributed by atoms with van der Waals surface area (Å²) in [5.74, 6) is -1.02. The fraction of sp³-hybridized carbons (Fsp3) is 0.875. The Hall–Kier alpha value is -1.10. The Balaban J connectivity index is 2.73. The topological polar surface area (TPSA) is 72.8 Å². The van der Waals surface area contributed by atoms with Crippen LogP contribution in [0.4, 0.5) is 0 Å². The molecule has 5 heteroatoms. The van der Waals surface area contributed by atoms with E-state index in [1.54, 1.807) is 13.8 Å². The first-order valence-corrected chi connectivity index (χ1v) is 8.05. The van der Waals surface area contributed by atoms with Gasteiger partial charge in [0.15, 0.2) is 5.41 Å². The highest BCUT2D eigenvalue weighted by atomic mass is 16.6. The molecule has 0 aliphatic heterocycles. The first-order valence-electron chi connectivity index (χ1n) is 8.05. The van der Waals surface area contributed by atoms with Gasteiger partial charge in [-0.3, -0.25) is 9.59 Å². The molecule has 21 heavy (non-hydrogen) atoms. The Morgan fingerprint density at radius 3 is 2.10 bits per heavy atom. The summed E-state index contributed by atoms with van der Waals surface area (Å²) in [4.78, 5) is 24.5. The first kappa shape index (κ1) is 18.0. The second-order valence-corrected chi connectivity index (χ2v) is 5.67. The fourth-order valence-corrected chi connectivity index (χ4v) is 3.04. The molecule has 0 heterocycles. The van der Waals surface area contributed by atoms with E-state index in [0.717, 1.165) is 19.3 Å². The van der Waals surface area contributed by atoms with Gasteiger partial charge in [-0.05, 0) is 51.9 Å². The molecule has 5 nitrogen and oxygen atoms in total. The average molecular weight is 300 g/mol. The quantitative estimate of drug-likeness (QED) is 0.523. The van der Waals surface area contributed by atoms with Gasteiger partial charge < -0.3 is 14.6 Å². The van der Waals surface area contributed by atoms with Crippen molar-refractivity contribution in [2.75, 3.05) is 13.2 Å². The van der Waals surface area contributed by atoms with Crippen LogP contribution < -0.4 is 0 Å². The molecule has 0 saturated heterocycles. The number of carbonyl (C=O) groups is 2. The third-order valence-electron chi connectivity index (χ3n) is 4.33. The predicted molar refractivity (Wildman–Crippen MR) is 78.6 cm³/mol. The van der Waals surface area contributed by atoms with E-state index in [4.69, 9.17) is 9.47 Å². The summed E-state index contributed by atoms with van der Waals surface area (Å²) in [5.41, 5.74) is -1.14. The molecule has 0 aromatic carbocycles. The number of aliphatic hydroxyl groups is 1. The zero-order valence-electron chi connectivity index (χ0n) is 13.4. The zero-order chi connectivity index (χ0) is 15.9. The summed E-state index contributed by atoms with van der Waals surface area (Å²) < 4.78 is 10.2. The minimum atomic E-state index is -1.14. The fourth-order valence-electron chi connectivity index (χ4n) is 3.04. The highest BCUT2D eigenvalue weighted by Gasteiger charge is 2.60. The van der Waals surface area contributed by atoms with Crippen LogP contribution >= 0.6 is 0 Å². The van der Waals surface area contributed by atoms with Crippen molar-refractivity contribution < 1.29 is 24.2 Å². The number of aliphatic hydroxyl groups excluding tert-OH is 1. The maximum atomic E-state index is 12.3. The maximum Gasteiger partial charge on any atom is 0.323 e. The SMILES string of the molecule is CCCC(O)CCC1CCC1(C(=O)OCC)C(=O)OCC. The van der Waals surface area contributed by atoms with E-state index < -0.39 is 17.4 Å². The van der Waals surface area contributed by atoms with Crippen molar-refractivity contribution in [3.05, 3.63) is 0 Å². The standard InChI is InChI=1S/C16H28O5/c1-4-7-13(17)9-8-12-10-11-16(12,14(18)20-5-2)15(19)21-6-3/h12-13,17H,4-11H2,1-3H3. The highest BCUT2D eigenvalue weighted by Crippen LogP contribution is 2.51. The van der Waals surface area contributed by atoms with Gasteiger partial charge in [-0.25, -0.2) is 0 Å². The zero-order valence-corrected chi connectivity index (χ0v) is 13.4. The summed E-state index contributed by atoms with van der Waals surface area (Å²) in [6.45, 7) is 6.00. The van der Waals surface area contributed by atoms with Crippen LogP contribution in [-0.2, 0) is 19.1 Å². The van der Waals surface area contributed by atoms with Gasteiger partial charge in [-0.15, -0.1) is 0 Å². The number of rotatable bonds is 9. The molecule has 0 aromatic heterocycles. The van der Waals surface area contributed by atoms with Gasteiger partial charge >= 0.3 is 11.9 Å². The molecule has 2 unspecified atom stereocenters. The Labute approximate surface area is 127 Å². The molecule has 0 amide bonds. The molecule has 122 valence electrons. The van der Waals surface area contributed by atoms with E-state index in [0.29, 0.717) is 19.3 Å². The number of esters is 2. The van der Waals surface area contributed by atoms with Crippen molar-refractivity contribution in [3.63, 3.8) is 0 Å². The molecule has 1 aliphatic rings. The normalized spacial score (nSPS) is 21.2. The summed E-state index contributed by atoms with van der Waals surface area (Å²) in [7, 11) is 0. The van der Waals surface area contributed by atoms with Crippen LogP contribution in [0.25, 0.3) is 0 Å². The van der Waals surface area contributed by atoms with Gasteiger partial charge in [0.05, 0.1) is 19.3 Å². The molecular formula is C16H28O5. The van der Waals surface area contributed by atoms with E-state index in [2.05, 4.69) is 0 Å². The summed E-state index contributed by atoms with van der Waals surface area (Å²) in [6.07, 6.45) is 3.86. The lowest BCUT2D eigenvalue weighted by atomic mass is 9.58. The van der Waals surface area contributed by atoms with E-state index in [1.165, 1.54) is 0 Å². The van der Waals surface area contributed by atoms with Crippen LogP contribution in [0, 0.1) is 11.3 Å². The van der Waals surface area contributed by atoms with Gasteiger partial charge in [-0.1, -0.05) is 13.3 Å². The highest BCUT2D eigenvalue weighted by molar-refractivity contribution is 6.01. The molecule has 0 bridgehead atoms. The Bertz CT molecular complexity index is 335. The molecule has 0 spiro atoms. The minimum absolute atomic E-state index is 0.0814. The van der Waals surface area contributed by atoms with E-state index in [1.807, 2.05) is 6.92 Å². The van der Waals surface area contributed by atoms with Crippen molar-refractivity contribution in [3.8, 4) is 0 Å². The molecular weight excluding hydrogens is 272 g/mol. The minimum Gasteiger partial charge on any atom is -0.465 e. The third kappa shape index (κ3) is 3.96. The van der Waals surface area contributed by atoms with Gasteiger partial charge in [0.2, 0.25) is 0 Å². The van der Waals surface area contributed by atoms with E-state index >= 15 is 0 Å². The summed E-state index contributed by atoms with van der Waals surface area (Å²) in [6, 6.07) is 0. The molecule has 1 aliphatic carbocycles. The van der Waals surface area contributed by atoms with Gasteiger partial charge in [0, 0.05) is 0 Å². The lowest BCUT2D eigenvalue weighted by Gasteiger charge is -2.45. The number of carbonyl (C=O) groups excluding carboxylic acids is 2. The summed E-state index contributed by atoms with van der Waals surface area (Å²) in [5, 5.41) is 9.84. The predicted octanol–water partition coefficient (Wildman–Crippen LogP) is 2.45. The molecule has 0 radical (unpaired) electrons. The number of hydrogen-bond donors (Lipinski definition) is 1. The lowest BCUT2D eigenvalue weighted by molar-refractivity contribution is -0.187. The molecule has 2 atom stereocenters. The van der Waals surface area contributed by atoms with Crippen LogP contribution in [0.15, 0.2) is 0 Å². The Morgan fingerprint density at radius 1 is 1.14 bits per heavy atom. The lowest BCUT2D eigenvalue weighted by Crippen LogP contribution is -2.54. The maximum absolute atomic E-state index is 12.3. The van der Waals surface area contributed by atoms with Crippen molar-refractivity contribution in [1.82, 2.24) is 0 Å². The van der Waals surface area contributed by atoms with Crippen molar-refractivity contribution in [1.29, 1.82) is 0 Å². The van der Waals surface area contributed by atoms with Crippen LogP contribution in [0.1, 0.15) is 59.3 Å². The molecule has 0 aromatic rings. The Kier molecular flexibility index (Phi) is 7.15. The van der Waals surface area contributed by atoms with Crippen LogP contribution in [-0.4, -0.2) is 36.4 Å². The second-order valence-electron chi connectivity index (χ2n) is 5.67. The molecule has 1 N–H and O–H groups in total. The van der Waals surface area contributed by atoms with Crippen molar-refractivity contribution in [2.24, 2.45) is 11.3 Å². The van der Waals surface area contributed by atoms with Crippen molar-refractivity contribution >= 4 is 11.9 Å². The first-order chi connectivity index (χ1) is 10.0. The third-order valence-corrected chi connectivity index (χ3v) is 4.33. The van der Waals surface area contributed by atoms with Crippen LogP contribution in [0.5, 0.6) is 0 Å². The van der Waals surface area contributed by atoms with E-state index in [-0.39, 0.29) is 25.2 Å². The van der Waals surface area contributed by atoms with Gasteiger partial charge in [0.1, 0.15) is 0 Å².